The smallest absolute Gasteiger partial charge is 0.155 e. The van der Waals surface area contributed by atoms with Gasteiger partial charge in [-0.05, 0) is 0 Å². The average molecular weight is 153 g/mol. The minimum Gasteiger partial charge on any atom is -0.382 e. The number of amidine groups is 1. The molecule has 0 aliphatic heterocycles. The SMILES string of the molecule is CN=C(N)c1[nH]cnc1NC. The summed E-state index contributed by atoms with van der Waals surface area (Å²) in [6, 6.07) is 0. The van der Waals surface area contributed by atoms with Gasteiger partial charge < -0.3 is 16.0 Å². The van der Waals surface area contributed by atoms with E-state index in [0.717, 1.165) is 5.69 Å². The number of nitrogens with two attached hydrogens (primary N) is 1. The van der Waals surface area contributed by atoms with E-state index in [0.29, 0.717) is 11.7 Å². The number of rotatable bonds is 2. The highest BCUT2D eigenvalue weighted by atomic mass is 15.1. The van der Waals surface area contributed by atoms with Crippen LogP contribution >= 0.6 is 0 Å². The fourth-order valence-electron chi connectivity index (χ4n) is 0.791. The molecule has 5 nitrogen and oxygen atoms in total. The summed E-state index contributed by atoms with van der Waals surface area (Å²) < 4.78 is 0. The second-order valence-corrected chi connectivity index (χ2v) is 1.98. The van der Waals surface area contributed by atoms with E-state index in [1.807, 2.05) is 0 Å². The number of aromatic amines is 1. The molecule has 1 rings (SSSR count). The standard InChI is InChI=1S/C6H11N5/c1-8-5(7)4-6(9-2)11-3-10-4/h3,9H,1-2H3,(H2,7,8)(H,10,11). The molecule has 0 atom stereocenters. The number of imidazole rings is 1. The molecule has 0 aromatic carbocycles. The van der Waals surface area contributed by atoms with Crippen LogP contribution in [0, 0.1) is 0 Å². The highest BCUT2D eigenvalue weighted by Gasteiger charge is 2.05. The van der Waals surface area contributed by atoms with Crippen LogP contribution in [0.15, 0.2) is 11.3 Å². The van der Waals surface area contributed by atoms with E-state index in [9.17, 15) is 0 Å². The summed E-state index contributed by atoms with van der Waals surface area (Å²) >= 11 is 0. The molecule has 0 unspecified atom stereocenters. The summed E-state index contributed by atoms with van der Waals surface area (Å²) in [5.74, 6) is 1.17. The Hall–Kier alpha value is -1.52. The number of aromatic nitrogens is 2. The summed E-state index contributed by atoms with van der Waals surface area (Å²) in [6.45, 7) is 0. The maximum atomic E-state index is 5.55. The van der Waals surface area contributed by atoms with Crippen LogP contribution in [0.1, 0.15) is 5.69 Å². The summed E-state index contributed by atoms with van der Waals surface area (Å²) in [4.78, 5) is 10.7. The molecule has 60 valence electrons. The number of hydrogen-bond acceptors (Lipinski definition) is 3. The normalized spacial score (nSPS) is 11.6. The number of H-pyrrole nitrogens is 1. The van der Waals surface area contributed by atoms with Crippen molar-refractivity contribution < 1.29 is 0 Å². The van der Waals surface area contributed by atoms with Gasteiger partial charge in [-0.3, -0.25) is 4.99 Å². The molecule has 0 saturated heterocycles. The largest absolute Gasteiger partial charge is 0.382 e. The molecule has 11 heavy (non-hydrogen) atoms. The lowest BCUT2D eigenvalue weighted by atomic mass is 10.4. The number of aliphatic imine (C=N–C) groups is 1. The molecule has 0 spiro atoms. The van der Waals surface area contributed by atoms with Gasteiger partial charge in [-0.25, -0.2) is 4.98 Å². The summed E-state index contributed by atoms with van der Waals surface area (Å²) in [5.41, 5.74) is 6.29. The summed E-state index contributed by atoms with van der Waals surface area (Å²) in [7, 11) is 3.41. The molecule has 5 heteroatoms. The molecule has 1 aromatic rings. The number of nitrogens with zero attached hydrogens (tertiary/aromatic N) is 2. The van der Waals surface area contributed by atoms with Gasteiger partial charge in [0, 0.05) is 14.1 Å². The van der Waals surface area contributed by atoms with Crippen molar-refractivity contribution in [3.63, 3.8) is 0 Å². The van der Waals surface area contributed by atoms with Crippen LogP contribution in [0.3, 0.4) is 0 Å². The van der Waals surface area contributed by atoms with E-state index in [-0.39, 0.29) is 0 Å². The zero-order chi connectivity index (χ0) is 8.27. The first-order valence-electron chi connectivity index (χ1n) is 3.23. The monoisotopic (exact) mass is 153 g/mol. The van der Waals surface area contributed by atoms with Crippen molar-refractivity contribution in [1.29, 1.82) is 0 Å². The number of anilines is 1. The molecule has 0 aliphatic carbocycles. The van der Waals surface area contributed by atoms with Gasteiger partial charge in [-0.15, -0.1) is 0 Å². The maximum absolute atomic E-state index is 5.55. The lowest BCUT2D eigenvalue weighted by Crippen LogP contribution is -2.15. The predicted molar refractivity (Wildman–Crippen MR) is 44.8 cm³/mol. The van der Waals surface area contributed by atoms with E-state index < -0.39 is 0 Å². The van der Waals surface area contributed by atoms with E-state index in [1.54, 1.807) is 20.4 Å². The minimum absolute atomic E-state index is 0.451. The van der Waals surface area contributed by atoms with Crippen LogP contribution < -0.4 is 11.1 Å². The molecular formula is C6H11N5. The van der Waals surface area contributed by atoms with Crippen LogP contribution in [0.5, 0.6) is 0 Å². The Kier molecular flexibility index (Phi) is 2.10. The summed E-state index contributed by atoms with van der Waals surface area (Å²) in [6.07, 6.45) is 1.57. The molecule has 0 amide bonds. The maximum Gasteiger partial charge on any atom is 0.155 e. The second-order valence-electron chi connectivity index (χ2n) is 1.98. The van der Waals surface area contributed by atoms with Gasteiger partial charge in [0.25, 0.3) is 0 Å². The third kappa shape index (κ3) is 1.31. The zero-order valence-corrected chi connectivity index (χ0v) is 6.55. The Balaban J connectivity index is 3.02. The van der Waals surface area contributed by atoms with Crippen LogP contribution in [0.25, 0.3) is 0 Å². The van der Waals surface area contributed by atoms with E-state index in [2.05, 4.69) is 20.3 Å². The third-order valence-electron chi connectivity index (χ3n) is 1.37. The molecular weight excluding hydrogens is 142 g/mol. The van der Waals surface area contributed by atoms with Crippen molar-refractivity contribution in [3.05, 3.63) is 12.0 Å². The lowest BCUT2D eigenvalue weighted by molar-refractivity contribution is 1.29. The topological polar surface area (TPSA) is 79.1 Å². The van der Waals surface area contributed by atoms with Gasteiger partial charge in [0.15, 0.2) is 5.82 Å². The van der Waals surface area contributed by atoms with Crippen LogP contribution in [-0.2, 0) is 0 Å². The first kappa shape index (κ1) is 7.59. The number of hydrogen-bond donors (Lipinski definition) is 3. The predicted octanol–water partition coefficient (Wildman–Crippen LogP) is -0.214. The van der Waals surface area contributed by atoms with Gasteiger partial charge in [0.05, 0.1) is 6.33 Å². The van der Waals surface area contributed by atoms with E-state index >= 15 is 0 Å². The molecule has 4 N–H and O–H groups in total. The van der Waals surface area contributed by atoms with Crippen molar-refractivity contribution in [2.45, 2.75) is 0 Å². The van der Waals surface area contributed by atoms with Crippen molar-refractivity contribution in [3.8, 4) is 0 Å². The highest BCUT2D eigenvalue weighted by Crippen LogP contribution is 2.06. The van der Waals surface area contributed by atoms with Gasteiger partial charge in [-0.2, -0.15) is 0 Å². The fourth-order valence-corrected chi connectivity index (χ4v) is 0.791. The van der Waals surface area contributed by atoms with Crippen molar-refractivity contribution >= 4 is 11.7 Å². The minimum atomic E-state index is 0.451. The van der Waals surface area contributed by atoms with Gasteiger partial charge in [0.1, 0.15) is 11.5 Å². The van der Waals surface area contributed by atoms with Gasteiger partial charge in [-0.1, -0.05) is 0 Å². The zero-order valence-electron chi connectivity index (χ0n) is 6.55. The molecule has 0 radical (unpaired) electrons. The summed E-state index contributed by atoms with van der Waals surface area (Å²) in [5, 5.41) is 2.89. The first-order valence-corrected chi connectivity index (χ1v) is 3.23. The fraction of sp³-hybridized carbons (Fsp3) is 0.333. The quantitative estimate of drug-likeness (QED) is 0.406. The highest BCUT2D eigenvalue weighted by molar-refractivity contribution is 5.99. The van der Waals surface area contributed by atoms with E-state index in [4.69, 9.17) is 5.73 Å². The molecule has 1 heterocycles. The van der Waals surface area contributed by atoms with Gasteiger partial charge >= 0.3 is 0 Å². The molecule has 0 fully saturated rings. The Morgan fingerprint density at radius 2 is 2.55 bits per heavy atom. The number of nitrogens with one attached hydrogen (secondary N) is 2. The molecule has 0 saturated carbocycles. The van der Waals surface area contributed by atoms with Crippen LogP contribution in [0.4, 0.5) is 5.82 Å². The Labute approximate surface area is 64.7 Å². The van der Waals surface area contributed by atoms with Crippen molar-refractivity contribution in [2.75, 3.05) is 19.4 Å². The Morgan fingerprint density at radius 1 is 1.82 bits per heavy atom. The molecule has 1 aromatic heterocycles. The van der Waals surface area contributed by atoms with Crippen molar-refractivity contribution in [1.82, 2.24) is 9.97 Å². The Morgan fingerprint density at radius 3 is 3.09 bits per heavy atom. The second kappa shape index (κ2) is 3.05. The van der Waals surface area contributed by atoms with Crippen LogP contribution in [-0.4, -0.2) is 29.9 Å². The molecule has 0 aliphatic rings. The third-order valence-corrected chi connectivity index (χ3v) is 1.37. The Bertz CT molecular complexity index is 262. The molecule has 0 bridgehead atoms. The lowest BCUT2D eigenvalue weighted by Gasteiger charge is -1.98. The van der Waals surface area contributed by atoms with Crippen LogP contribution in [0.2, 0.25) is 0 Å². The first-order chi connectivity index (χ1) is 5.29. The van der Waals surface area contributed by atoms with E-state index in [1.165, 1.54) is 0 Å². The van der Waals surface area contributed by atoms with Crippen molar-refractivity contribution in [2.24, 2.45) is 10.7 Å². The average Bonchev–Trinajstić information content (AvgIpc) is 2.50. The van der Waals surface area contributed by atoms with Gasteiger partial charge in [0.2, 0.25) is 0 Å².